The smallest absolute Gasteiger partial charge is 0.338 e. The van der Waals surface area contributed by atoms with Gasteiger partial charge in [0.25, 0.3) is 0 Å². The number of carbonyl (C=O) groups is 2. The van der Waals surface area contributed by atoms with Crippen LogP contribution in [0.15, 0.2) is 22.7 Å². The van der Waals surface area contributed by atoms with Crippen molar-refractivity contribution in [3.05, 3.63) is 28.2 Å². The van der Waals surface area contributed by atoms with E-state index in [2.05, 4.69) is 26.6 Å². The first kappa shape index (κ1) is 15.0. The third kappa shape index (κ3) is 4.31. The Bertz CT molecular complexity index is 515. The number of rotatable bonds is 6. The van der Waals surface area contributed by atoms with E-state index in [1.807, 2.05) is 0 Å². The van der Waals surface area contributed by atoms with E-state index >= 15 is 0 Å². The summed E-state index contributed by atoms with van der Waals surface area (Å²) in [5.74, 6) is -0.469. The van der Waals surface area contributed by atoms with Gasteiger partial charge in [-0.1, -0.05) is 0 Å². The van der Waals surface area contributed by atoms with Gasteiger partial charge < -0.3 is 15.4 Å². The fraction of sp³-hybridized carbons (Fsp3) is 0.429. The van der Waals surface area contributed by atoms with Gasteiger partial charge in [-0.2, -0.15) is 0 Å². The Morgan fingerprint density at radius 3 is 2.75 bits per heavy atom. The molecule has 20 heavy (non-hydrogen) atoms. The van der Waals surface area contributed by atoms with Crippen molar-refractivity contribution in [1.82, 2.24) is 5.32 Å². The molecule has 1 aromatic carbocycles. The molecule has 0 aliphatic heterocycles. The quantitative estimate of drug-likeness (QED) is 0.780. The number of benzene rings is 1. The number of halogens is 1. The average Bonchev–Trinajstić information content (AvgIpc) is 3.23. The van der Waals surface area contributed by atoms with Crippen molar-refractivity contribution in [2.75, 3.05) is 18.5 Å². The summed E-state index contributed by atoms with van der Waals surface area (Å²) < 4.78 is 5.57. The molecule has 0 atom stereocenters. The number of amides is 1. The van der Waals surface area contributed by atoms with Crippen molar-refractivity contribution in [3.8, 4) is 0 Å². The van der Waals surface area contributed by atoms with Crippen LogP contribution < -0.4 is 10.6 Å². The number of esters is 1. The van der Waals surface area contributed by atoms with Crippen molar-refractivity contribution in [1.29, 1.82) is 0 Å². The molecule has 1 aliphatic carbocycles. The SMILES string of the molecule is CCOC(=O)c1ccc(NC(=O)CNC2CC2)c(Br)c1. The first-order valence-corrected chi connectivity index (χ1v) is 7.39. The summed E-state index contributed by atoms with van der Waals surface area (Å²) in [6, 6.07) is 5.45. The van der Waals surface area contributed by atoms with Gasteiger partial charge >= 0.3 is 5.97 Å². The van der Waals surface area contributed by atoms with Crippen molar-refractivity contribution >= 4 is 33.5 Å². The summed E-state index contributed by atoms with van der Waals surface area (Å²) in [6.45, 7) is 2.40. The molecule has 6 heteroatoms. The van der Waals surface area contributed by atoms with E-state index in [1.165, 1.54) is 0 Å². The minimum Gasteiger partial charge on any atom is -0.462 e. The van der Waals surface area contributed by atoms with Crippen LogP contribution in [0.2, 0.25) is 0 Å². The molecule has 0 aromatic heterocycles. The topological polar surface area (TPSA) is 67.4 Å². The van der Waals surface area contributed by atoms with Crippen molar-refractivity contribution in [3.63, 3.8) is 0 Å². The molecular formula is C14H17BrN2O3. The molecule has 5 nitrogen and oxygen atoms in total. The maximum atomic E-state index is 11.7. The van der Waals surface area contributed by atoms with Crippen LogP contribution in [0.25, 0.3) is 0 Å². The van der Waals surface area contributed by atoms with Crippen molar-refractivity contribution < 1.29 is 14.3 Å². The molecule has 108 valence electrons. The standard InChI is InChI=1S/C14H17BrN2O3/c1-2-20-14(19)9-3-6-12(11(15)7-9)17-13(18)8-16-10-4-5-10/h3,6-7,10,16H,2,4-5,8H2,1H3,(H,17,18). The molecule has 0 radical (unpaired) electrons. The summed E-state index contributed by atoms with van der Waals surface area (Å²) >= 11 is 3.34. The van der Waals surface area contributed by atoms with Gasteiger partial charge in [0.15, 0.2) is 0 Å². The van der Waals surface area contributed by atoms with Crippen molar-refractivity contribution in [2.45, 2.75) is 25.8 Å². The average molecular weight is 341 g/mol. The molecule has 1 fully saturated rings. The molecule has 0 unspecified atom stereocenters. The van der Waals surface area contributed by atoms with Gasteiger partial charge in [0.05, 0.1) is 24.4 Å². The highest BCUT2D eigenvalue weighted by molar-refractivity contribution is 9.10. The molecule has 1 amide bonds. The Morgan fingerprint density at radius 2 is 2.15 bits per heavy atom. The van der Waals surface area contributed by atoms with Gasteiger partial charge in [0, 0.05) is 10.5 Å². The van der Waals surface area contributed by atoms with Gasteiger partial charge in [0.2, 0.25) is 5.91 Å². The Balaban J connectivity index is 1.94. The maximum absolute atomic E-state index is 11.7. The number of nitrogens with one attached hydrogen (secondary N) is 2. The second kappa shape index (κ2) is 6.85. The summed E-state index contributed by atoms with van der Waals surface area (Å²) in [4.78, 5) is 23.3. The predicted molar refractivity (Wildman–Crippen MR) is 79.8 cm³/mol. The van der Waals surface area contributed by atoms with E-state index in [-0.39, 0.29) is 11.9 Å². The first-order chi connectivity index (χ1) is 9.60. The predicted octanol–water partition coefficient (Wildman–Crippen LogP) is 2.32. The molecule has 1 saturated carbocycles. The van der Waals surface area contributed by atoms with Crippen LogP contribution in [-0.2, 0) is 9.53 Å². The van der Waals surface area contributed by atoms with E-state index in [9.17, 15) is 9.59 Å². The zero-order chi connectivity index (χ0) is 14.5. The van der Waals surface area contributed by atoms with Gasteiger partial charge in [-0.25, -0.2) is 4.79 Å². The van der Waals surface area contributed by atoms with Crippen LogP contribution in [0.3, 0.4) is 0 Å². The van der Waals surface area contributed by atoms with Crippen LogP contribution in [0, 0.1) is 0 Å². The van der Waals surface area contributed by atoms with Crippen LogP contribution in [0.4, 0.5) is 5.69 Å². The molecule has 1 aliphatic rings. The monoisotopic (exact) mass is 340 g/mol. The Labute approximate surface area is 126 Å². The van der Waals surface area contributed by atoms with Gasteiger partial charge in [-0.05, 0) is 53.9 Å². The molecule has 2 N–H and O–H groups in total. The largest absolute Gasteiger partial charge is 0.462 e. The van der Waals surface area contributed by atoms with Crippen LogP contribution >= 0.6 is 15.9 Å². The first-order valence-electron chi connectivity index (χ1n) is 6.60. The molecule has 0 heterocycles. The lowest BCUT2D eigenvalue weighted by atomic mass is 10.2. The highest BCUT2D eigenvalue weighted by Crippen LogP contribution is 2.24. The van der Waals surface area contributed by atoms with E-state index in [0.29, 0.717) is 34.9 Å². The zero-order valence-corrected chi connectivity index (χ0v) is 12.8. The summed E-state index contributed by atoms with van der Waals surface area (Å²) in [6.07, 6.45) is 2.29. The number of anilines is 1. The highest BCUT2D eigenvalue weighted by atomic mass is 79.9. The summed E-state index contributed by atoms with van der Waals surface area (Å²) in [5.41, 5.74) is 1.09. The highest BCUT2D eigenvalue weighted by Gasteiger charge is 2.21. The van der Waals surface area contributed by atoms with E-state index in [1.54, 1.807) is 25.1 Å². The van der Waals surface area contributed by atoms with Gasteiger partial charge in [-0.15, -0.1) is 0 Å². The van der Waals surface area contributed by atoms with Crippen molar-refractivity contribution in [2.24, 2.45) is 0 Å². The van der Waals surface area contributed by atoms with Gasteiger partial charge in [0.1, 0.15) is 0 Å². The number of hydrogen-bond donors (Lipinski definition) is 2. The molecule has 1 aromatic rings. The zero-order valence-electron chi connectivity index (χ0n) is 11.2. The van der Waals surface area contributed by atoms with Gasteiger partial charge in [-0.3, -0.25) is 4.79 Å². The minimum absolute atomic E-state index is 0.0958. The molecule has 0 spiro atoms. The third-order valence-electron chi connectivity index (χ3n) is 2.88. The van der Waals surface area contributed by atoms with Crippen LogP contribution in [-0.4, -0.2) is 31.1 Å². The molecular weight excluding hydrogens is 324 g/mol. The normalized spacial score (nSPS) is 13.9. The fourth-order valence-corrected chi connectivity index (χ4v) is 2.15. The summed E-state index contributed by atoms with van der Waals surface area (Å²) in [5, 5.41) is 5.93. The number of ether oxygens (including phenoxy) is 1. The second-order valence-electron chi connectivity index (χ2n) is 4.62. The second-order valence-corrected chi connectivity index (χ2v) is 5.47. The number of hydrogen-bond acceptors (Lipinski definition) is 4. The molecule has 2 rings (SSSR count). The fourth-order valence-electron chi connectivity index (χ4n) is 1.68. The lowest BCUT2D eigenvalue weighted by molar-refractivity contribution is -0.115. The Hall–Kier alpha value is -1.40. The summed E-state index contributed by atoms with van der Waals surface area (Å²) in [7, 11) is 0. The Morgan fingerprint density at radius 1 is 1.40 bits per heavy atom. The third-order valence-corrected chi connectivity index (χ3v) is 3.54. The molecule has 0 saturated heterocycles. The lowest BCUT2D eigenvalue weighted by Crippen LogP contribution is -2.29. The lowest BCUT2D eigenvalue weighted by Gasteiger charge is -2.09. The molecule has 0 bridgehead atoms. The van der Waals surface area contributed by atoms with E-state index in [0.717, 1.165) is 12.8 Å². The number of carbonyl (C=O) groups excluding carboxylic acids is 2. The maximum Gasteiger partial charge on any atom is 0.338 e. The Kier molecular flexibility index (Phi) is 5.14. The van der Waals surface area contributed by atoms with Crippen LogP contribution in [0.5, 0.6) is 0 Å². The van der Waals surface area contributed by atoms with Crippen LogP contribution in [0.1, 0.15) is 30.1 Å². The van der Waals surface area contributed by atoms with E-state index in [4.69, 9.17) is 4.74 Å². The minimum atomic E-state index is -0.374. The van der Waals surface area contributed by atoms with E-state index < -0.39 is 0 Å².